The van der Waals surface area contributed by atoms with Gasteiger partial charge in [-0.1, -0.05) is 36.4 Å². The van der Waals surface area contributed by atoms with Crippen molar-refractivity contribution in [2.45, 2.75) is 4.90 Å². The van der Waals surface area contributed by atoms with Crippen LogP contribution >= 0.6 is 11.6 Å². The van der Waals surface area contributed by atoms with Gasteiger partial charge in [0.05, 0.1) is 16.8 Å². The number of hydrogen-bond donors (Lipinski definition) is 1. The van der Waals surface area contributed by atoms with Crippen LogP contribution in [-0.2, 0) is 9.84 Å². The number of sulfone groups is 1. The largest absolute Gasteiger partial charge is 0.329 e. The Bertz CT molecular complexity index is 918. The van der Waals surface area contributed by atoms with Crippen molar-refractivity contribution in [2.75, 3.05) is 6.26 Å². The highest BCUT2D eigenvalue weighted by atomic mass is 35.5. The monoisotopic (exact) mass is 332 g/mol. The zero-order valence-corrected chi connectivity index (χ0v) is 13.3. The lowest BCUT2D eigenvalue weighted by atomic mass is 9.98. The van der Waals surface area contributed by atoms with E-state index in [0.717, 1.165) is 22.4 Å². The first-order valence-electron chi connectivity index (χ1n) is 6.55. The molecule has 1 aromatic heterocycles. The van der Waals surface area contributed by atoms with Crippen molar-refractivity contribution < 1.29 is 8.42 Å². The number of hydrogen-bond acceptors (Lipinski definition) is 3. The molecule has 4 nitrogen and oxygen atoms in total. The molecule has 0 saturated heterocycles. The molecule has 0 amide bonds. The molecule has 0 saturated carbocycles. The van der Waals surface area contributed by atoms with Gasteiger partial charge in [-0.3, -0.25) is 0 Å². The molecule has 0 aliphatic heterocycles. The summed E-state index contributed by atoms with van der Waals surface area (Å²) in [5.74, 6) is 0. The Hall–Kier alpha value is -2.11. The third kappa shape index (κ3) is 2.91. The molecule has 3 aromatic rings. The van der Waals surface area contributed by atoms with Gasteiger partial charge >= 0.3 is 0 Å². The molecule has 0 atom stereocenters. The average molecular weight is 333 g/mol. The normalized spacial score (nSPS) is 11.5. The molecule has 0 spiro atoms. The maximum absolute atomic E-state index is 11.8. The van der Waals surface area contributed by atoms with Crippen molar-refractivity contribution in [2.24, 2.45) is 0 Å². The van der Waals surface area contributed by atoms with E-state index >= 15 is 0 Å². The zero-order chi connectivity index (χ0) is 15.7. The lowest BCUT2D eigenvalue weighted by Crippen LogP contribution is -1.98. The van der Waals surface area contributed by atoms with Crippen LogP contribution in [0.1, 0.15) is 0 Å². The van der Waals surface area contributed by atoms with Gasteiger partial charge in [-0.15, -0.1) is 0 Å². The molecule has 0 aliphatic carbocycles. The van der Waals surface area contributed by atoms with Gasteiger partial charge in [-0.25, -0.2) is 13.4 Å². The van der Waals surface area contributed by atoms with Gasteiger partial charge in [-0.05, 0) is 34.9 Å². The second-order valence-electron chi connectivity index (χ2n) is 4.93. The highest BCUT2D eigenvalue weighted by molar-refractivity contribution is 7.90. The molecule has 0 bridgehead atoms. The molecule has 0 radical (unpaired) electrons. The summed E-state index contributed by atoms with van der Waals surface area (Å²) in [4.78, 5) is 7.23. The fraction of sp³-hybridized carbons (Fsp3) is 0.0625. The summed E-state index contributed by atoms with van der Waals surface area (Å²) in [5.41, 5.74) is 3.32. The third-order valence-corrected chi connectivity index (χ3v) is 4.64. The average Bonchev–Trinajstić information content (AvgIpc) is 2.93. The van der Waals surface area contributed by atoms with E-state index in [1.165, 1.54) is 6.26 Å². The number of imidazole rings is 1. The van der Waals surface area contributed by atoms with Crippen molar-refractivity contribution >= 4 is 21.4 Å². The predicted molar refractivity (Wildman–Crippen MR) is 87.6 cm³/mol. The van der Waals surface area contributed by atoms with Gasteiger partial charge in [0.2, 0.25) is 0 Å². The number of aromatic nitrogens is 2. The van der Waals surface area contributed by atoms with Gasteiger partial charge in [0.1, 0.15) is 0 Å². The predicted octanol–water partition coefficient (Wildman–Crippen LogP) is 3.80. The molecule has 1 heterocycles. The fourth-order valence-electron chi connectivity index (χ4n) is 2.28. The number of halogens is 1. The lowest BCUT2D eigenvalue weighted by molar-refractivity contribution is 0.602. The minimum atomic E-state index is -3.28. The third-order valence-electron chi connectivity index (χ3n) is 3.34. The number of benzene rings is 2. The number of aromatic amines is 1. The van der Waals surface area contributed by atoms with Crippen molar-refractivity contribution in [1.29, 1.82) is 0 Å². The Morgan fingerprint density at radius 3 is 2.36 bits per heavy atom. The summed E-state index contributed by atoms with van der Waals surface area (Å²) in [6.45, 7) is 0. The molecule has 0 fully saturated rings. The molecule has 6 heteroatoms. The van der Waals surface area contributed by atoms with Crippen LogP contribution in [0.2, 0.25) is 5.28 Å². The molecular weight excluding hydrogens is 320 g/mol. The van der Waals surface area contributed by atoms with Gasteiger partial charge in [0, 0.05) is 11.8 Å². The molecule has 1 N–H and O–H groups in total. The fourth-order valence-corrected chi connectivity index (χ4v) is 3.08. The molecule has 112 valence electrons. The summed E-state index contributed by atoms with van der Waals surface area (Å²) in [5, 5.41) is 0.293. The minimum Gasteiger partial charge on any atom is -0.329 e. The van der Waals surface area contributed by atoms with E-state index < -0.39 is 9.84 Å². The lowest BCUT2D eigenvalue weighted by Gasteiger charge is -2.10. The molecule has 22 heavy (non-hydrogen) atoms. The van der Waals surface area contributed by atoms with Crippen LogP contribution in [0, 0.1) is 0 Å². The quantitative estimate of drug-likeness (QED) is 0.793. The van der Waals surface area contributed by atoms with Crippen LogP contribution in [0.25, 0.3) is 22.4 Å². The topological polar surface area (TPSA) is 62.8 Å². The first kappa shape index (κ1) is 14.8. The minimum absolute atomic E-state index is 0.278. The molecular formula is C16H13ClN2O2S. The summed E-state index contributed by atoms with van der Waals surface area (Å²) in [6.07, 6.45) is 2.83. The molecule has 0 unspecified atom stereocenters. The second-order valence-corrected chi connectivity index (χ2v) is 7.31. The smallest absolute Gasteiger partial charge is 0.200 e. The van der Waals surface area contributed by atoms with E-state index in [4.69, 9.17) is 11.6 Å². The van der Waals surface area contributed by atoms with E-state index in [9.17, 15) is 8.42 Å². The summed E-state index contributed by atoms with van der Waals surface area (Å²) in [6, 6.07) is 14.6. The summed E-state index contributed by atoms with van der Waals surface area (Å²) in [7, 11) is -3.28. The second kappa shape index (κ2) is 5.59. The number of nitrogens with one attached hydrogen (secondary N) is 1. The van der Waals surface area contributed by atoms with Crippen LogP contribution in [0.3, 0.4) is 0 Å². The zero-order valence-electron chi connectivity index (χ0n) is 11.7. The van der Waals surface area contributed by atoms with E-state index in [1.807, 2.05) is 30.3 Å². The first-order chi connectivity index (χ1) is 10.4. The van der Waals surface area contributed by atoms with Gasteiger partial charge in [-0.2, -0.15) is 0 Å². The SMILES string of the molecule is CS(=O)(=O)c1ccc(-c2cnc(Cl)[nH]2)c(-c2ccccc2)c1. The highest BCUT2D eigenvalue weighted by Crippen LogP contribution is 2.33. The standard InChI is InChI=1S/C16H13ClN2O2S/c1-22(20,21)12-7-8-13(15-10-18-16(17)19-15)14(9-12)11-5-3-2-4-6-11/h2-10H,1H3,(H,18,19). The van der Waals surface area contributed by atoms with Crippen LogP contribution in [0.4, 0.5) is 0 Å². The summed E-state index contributed by atoms with van der Waals surface area (Å²) >= 11 is 5.85. The highest BCUT2D eigenvalue weighted by Gasteiger charge is 2.14. The molecule has 2 aromatic carbocycles. The van der Waals surface area contributed by atoms with E-state index in [-0.39, 0.29) is 4.90 Å². The van der Waals surface area contributed by atoms with Gasteiger partial charge in [0.25, 0.3) is 0 Å². The van der Waals surface area contributed by atoms with Gasteiger partial charge < -0.3 is 4.98 Å². The first-order valence-corrected chi connectivity index (χ1v) is 8.82. The Morgan fingerprint density at radius 1 is 1.05 bits per heavy atom. The Balaban J connectivity index is 2.26. The summed E-state index contributed by atoms with van der Waals surface area (Å²) < 4.78 is 23.7. The van der Waals surface area contributed by atoms with E-state index in [2.05, 4.69) is 9.97 Å². The molecule has 0 aliphatic rings. The maximum Gasteiger partial charge on any atom is 0.200 e. The Kier molecular flexibility index (Phi) is 3.76. The number of H-pyrrole nitrogens is 1. The van der Waals surface area contributed by atoms with Crippen LogP contribution in [0.15, 0.2) is 59.6 Å². The van der Waals surface area contributed by atoms with Crippen molar-refractivity contribution in [3.8, 4) is 22.4 Å². The van der Waals surface area contributed by atoms with Crippen molar-refractivity contribution in [3.05, 3.63) is 60.0 Å². The van der Waals surface area contributed by atoms with Crippen molar-refractivity contribution in [3.63, 3.8) is 0 Å². The number of rotatable bonds is 3. The van der Waals surface area contributed by atoms with Crippen LogP contribution in [-0.4, -0.2) is 24.6 Å². The van der Waals surface area contributed by atoms with Gasteiger partial charge in [0.15, 0.2) is 15.1 Å². The van der Waals surface area contributed by atoms with Crippen molar-refractivity contribution in [1.82, 2.24) is 9.97 Å². The number of nitrogens with zero attached hydrogens (tertiary/aromatic N) is 1. The van der Waals surface area contributed by atoms with Crippen LogP contribution in [0.5, 0.6) is 0 Å². The van der Waals surface area contributed by atoms with E-state index in [1.54, 1.807) is 24.4 Å². The van der Waals surface area contributed by atoms with E-state index in [0.29, 0.717) is 5.28 Å². The molecule has 3 rings (SSSR count). The Labute approximate surface area is 133 Å². The Morgan fingerprint density at radius 2 is 1.77 bits per heavy atom. The van der Waals surface area contributed by atoms with Crippen LogP contribution < -0.4 is 0 Å². The maximum atomic E-state index is 11.8.